The van der Waals surface area contributed by atoms with Crippen LogP contribution in [0.15, 0.2) is 78.0 Å². The van der Waals surface area contributed by atoms with E-state index in [2.05, 4.69) is 22.3 Å². The Balaban J connectivity index is 1.65. The Morgan fingerprint density at radius 3 is 2.54 bits per heavy atom. The molecule has 140 valence electrons. The van der Waals surface area contributed by atoms with Gasteiger partial charge >= 0.3 is 0 Å². The monoisotopic (exact) mass is 389 g/mol. The zero-order valence-corrected chi connectivity index (χ0v) is 16.2. The molecule has 1 aromatic heterocycles. The Morgan fingerprint density at radius 1 is 0.964 bits per heavy atom. The second kappa shape index (κ2) is 8.27. The molecule has 0 unspecified atom stereocenters. The molecular weight excluding hydrogens is 370 g/mol. The quantitative estimate of drug-likeness (QED) is 0.430. The van der Waals surface area contributed by atoms with Gasteiger partial charge in [0.05, 0.1) is 5.75 Å². The van der Waals surface area contributed by atoms with E-state index < -0.39 is 0 Å². The van der Waals surface area contributed by atoms with E-state index in [1.807, 2.05) is 65.2 Å². The molecule has 4 aromatic rings. The van der Waals surface area contributed by atoms with E-state index in [0.717, 1.165) is 22.2 Å². The van der Waals surface area contributed by atoms with Gasteiger partial charge in [-0.05, 0) is 30.5 Å². The molecule has 0 radical (unpaired) electrons. The molecule has 0 aliphatic rings. The lowest BCUT2D eigenvalue weighted by Crippen LogP contribution is -2.07. The summed E-state index contributed by atoms with van der Waals surface area (Å²) >= 11 is 1.38. The van der Waals surface area contributed by atoms with Gasteiger partial charge in [-0.3, -0.25) is 9.36 Å². The van der Waals surface area contributed by atoms with Crippen molar-refractivity contribution >= 4 is 28.3 Å². The van der Waals surface area contributed by atoms with Gasteiger partial charge < -0.3 is 4.74 Å². The summed E-state index contributed by atoms with van der Waals surface area (Å²) in [6.45, 7) is 1.84. The van der Waals surface area contributed by atoms with Gasteiger partial charge in [0, 0.05) is 11.1 Å². The van der Waals surface area contributed by atoms with E-state index >= 15 is 0 Å². The molecule has 0 spiro atoms. The van der Waals surface area contributed by atoms with E-state index in [4.69, 9.17) is 4.74 Å². The lowest BCUT2D eigenvalue weighted by Gasteiger charge is -2.12. The number of carbonyl (C=O) groups excluding carboxylic acids is 1. The van der Waals surface area contributed by atoms with Crippen molar-refractivity contribution in [2.45, 2.75) is 18.7 Å². The zero-order chi connectivity index (χ0) is 19.3. The zero-order valence-electron chi connectivity index (χ0n) is 15.4. The lowest BCUT2D eigenvalue weighted by molar-refractivity contribution is -0.114. The van der Waals surface area contributed by atoms with Gasteiger partial charge in [-0.1, -0.05) is 66.4 Å². The summed E-state index contributed by atoms with van der Waals surface area (Å²) in [6.07, 6.45) is 0. The van der Waals surface area contributed by atoms with Crippen molar-refractivity contribution in [3.05, 3.63) is 78.6 Å². The van der Waals surface area contributed by atoms with E-state index in [1.54, 1.807) is 6.92 Å². The third-order valence-corrected chi connectivity index (χ3v) is 5.30. The fraction of sp³-hybridized carbons (Fsp3) is 0.136. The SMILES string of the molecule is CC(=O)CSc1nnc(COc2cccc3ccccc23)n1-c1ccccc1. The second-order valence-electron chi connectivity index (χ2n) is 6.33. The number of hydrogen-bond donors (Lipinski definition) is 0. The lowest BCUT2D eigenvalue weighted by atomic mass is 10.1. The first-order chi connectivity index (χ1) is 13.7. The standard InChI is InChI=1S/C22H19N3O2S/c1-16(26)15-28-22-24-23-21(25(22)18-10-3-2-4-11-18)14-27-20-13-7-9-17-8-5-6-12-19(17)20/h2-13H,14-15H2,1H3. The molecule has 4 rings (SSSR count). The number of thioether (sulfide) groups is 1. The van der Waals surface area contributed by atoms with Crippen molar-refractivity contribution in [3.63, 3.8) is 0 Å². The Kier molecular flexibility index (Phi) is 5.39. The maximum absolute atomic E-state index is 11.4. The molecule has 0 aliphatic carbocycles. The van der Waals surface area contributed by atoms with Crippen LogP contribution in [0.25, 0.3) is 16.5 Å². The number of benzene rings is 3. The fourth-order valence-corrected chi connectivity index (χ4v) is 3.72. The fourth-order valence-electron chi connectivity index (χ4n) is 2.95. The highest BCUT2D eigenvalue weighted by molar-refractivity contribution is 7.99. The van der Waals surface area contributed by atoms with E-state index in [-0.39, 0.29) is 12.4 Å². The smallest absolute Gasteiger partial charge is 0.196 e. The molecule has 1 heterocycles. The molecule has 0 N–H and O–H groups in total. The van der Waals surface area contributed by atoms with Gasteiger partial charge in [0.2, 0.25) is 0 Å². The highest BCUT2D eigenvalue weighted by atomic mass is 32.2. The van der Waals surface area contributed by atoms with Crippen molar-refractivity contribution in [1.82, 2.24) is 14.8 Å². The van der Waals surface area contributed by atoms with Crippen LogP contribution < -0.4 is 4.74 Å². The summed E-state index contributed by atoms with van der Waals surface area (Å²) in [5.41, 5.74) is 0.940. The minimum Gasteiger partial charge on any atom is -0.485 e. The van der Waals surface area contributed by atoms with Crippen LogP contribution in [-0.4, -0.2) is 26.3 Å². The van der Waals surface area contributed by atoms with Crippen LogP contribution in [0, 0.1) is 0 Å². The third kappa shape index (κ3) is 3.92. The van der Waals surface area contributed by atoms with Gasteiger partial charge in [-0.15, -0.1) is 10.2 Å². The van der Waals surface area contributed by atoms with Gasteiger partial charge in [0.25, 0.3) is 0 Å². The first-order valence-corrected chi connectivity index (χ1v) is 9.93. The van der Waals surface area contributed by atoms with Crippen LogP contribution in [0.4, 0.5) is 0 Å². The van der Waals surface area contributed by atoms with Crippen LogP contribution in [0.1, 0.15) is 12.7 Å². The van der Waals surface area contributed by atoms with Crippen LogP contribution in [0.5, 0.6) is 5.75 Å². The summed E-state index contributed by atoms with van der Waals surface area (Å²) in [7, 11) is 0. The topological polar surface area (TPSA) is 57.0 Å². The van der Waals surface area contributed by atoms with Crippen LogP contribution in [0.3, 0.4) is 0 Å². The average Bonchev–Trinajstić information content (AvgIpc) is 3.14. The van der Waals surface area contributed by atoms with Gasteiger partial charge in [0.15, 0.2) is 11.0 Å². The van der Waals surface area contributed by atoms with Gasteiger partial charge in [0.1, 0.15) is 18.1 Å². The highest BCUT2D eigenvalue weighted by Gasteiger charge is 2.16. The third-order valence-electron chi connectivity index (χ3n) is 4.23. The van der Waals surface area contributed by atoms with Gasteiger partial charge in [-0.2, -0.15) is 0 Å². The number of para-hydroxylation sites is 1. The molecule has 3 aromatic carbocycles. The molecule has 6 heteroatoms. The van der Waals surface area contributed by atoms with Gasteiger partial charge in [-0.25, -0.2) is 0 Å². The maximum atomic E-state index is 11.4. The molecule has 28 heavy (non-hydrogen) atoms. The molecule has 0 aliphatic heterocycles. The van der Waals surface area contributed by atoms with Crippen molar-refractivity contribution < 1.29 is 9.53 Å². The maximum Gasteiger partial charge on any atom is 0.196 e. The number of rotatable bonds is 7. The average molecular weight is 389 g/mol. The van der Waals surface area contributed by atoms with Crippen LogP contribution in [0.2, 0.25) is 0 Å². The molecule has 0 fully saturated rings. The van der Waals surface area contributed by atoms with Crippen molar-refractivity contribution in [3.8, 4) is 11.4 Å². The largest absolute Gasteiger partial charge is 0.485 e. The predicted octanol–water partition coefficient (Wildman–Crippen LogP) is 4.68. The summed E-state index contributed by atoms with van der Waals surface area (Å²) < 4.78 is 8.05. The van der Waals surface area contributed by atoms with Crippen molar-refractivity contribution in [1.29, 1.82) is 0 Å². The number of ketones is 1. The summed E-state index contributed by atoms with van der Waals surface area (Å²) in [5.74, 6) is 1.94. The molecule has 0 saturated heterocycles. The number of Topliss-reactive ketones (excluding diaryl/α,β-unsaturated/α-hetero) is 1. The Morgan fingerprint density at radius 2 is 1.71 bits per heavy atom. The predicted molar refractivity (Wildman–Crippen MR) is 111 cm³/mol. The number of hydrogen-bond acceptors (Lipinski definition) is 5. The second-order valence-corrected chi connectivity index (χ2v) is 7.27. The summed E-state index contributed by atoms with van der Waals surface area (Å²) in [6, 6.07) is 24.0. The first kappa shape index (κ1) is 18.3. The molecule has 0 saturated carbocycles. The van der Waals surface area contributed by atoms with E-state index in [9.17, 15) is 4.79 Å². The van der Waals surface area contributed by atoms with Crippen molar-refractivity contribution in [2.75, 3.05) is 5.75 Å². The molecule has 0 bridgehead atoms. The van der Waals surface area contributed by atoms with E-state index in [0.29, 0.717) is 16.7 Å². The number of nitrogens with zero attached hydrogens (tertiary/aromatic N) is 3. The minimum absolute atomic E-state index is 0.0983. The Bertz CT molecular complexity index is 1100. The first-order valence-electron chi connectivity index (χ1n) is 8.95. The van der Waals surface area contributed by atoms with Crippen molar-refractivity contribution in [2.24, 2.45) is 0 Å². The Hall–Kier alpha value is -3.12. The molecule has 5 nitrogen and oxygen atoms in total. The summed E-state index contributed by atoms with van der Waals surface area (Å²) in [5, 5.41) is 11.5. The number of ether oxygens (including phenoxy) is 1. The van der Waals surface area contributed by atoms with E-state index in [1.165, 1.54) is 11.8 Å². The Labute approximate surface area is 167 Å². The molecule has 0 amide bonds. The molecule has 0 atom stereocenters. The molecular formula is C22H19N3O2S. The number of aromatic nitrogens is 3. The summed E-state index contributed by atoms with van der Waals surface area (Å²) in [4.78, 5) is 11.4. The normalized spacial score (nSPS) is 10.9. The van der Waals surface area contributed by atoms with Crippen LogP contribution >= 0.6 is 11.8 Å². The van der Waals surface area contributed by atoms with Crippen LogP contribution in [-0.2, 0) is 11.4 Å². The minimum atomic E-state index is 0.0983. The number of fused-ring (bicyclic) bond motifs is 1. The number of carbonyl (C=O) groups is 1. The highest BCUT2D eigenvalue weighted by Crippen LogP contribution is 2.27.